The molecule has 8 heavy (non-hydrogen) atoms. The minimum Gasteiger partial charge on any atom is -0.116 e. The first-order valence-electron chi connectivity index (χ1n) is 2.31. The lowest BCUT2D eigenvalue weighted by Gasteiger charge is -1.69. The van der Waals surface area contributed by atoms with Gasteiger partial charge in [-0.1, -0.05) is 28.7 Å². The van der Waals surface area contributed by atoms with Crippen LogP contribution in [0.3, 0.4) is 0 Å². The molecule has 0 radical (unpaired) electrons. The third-order valence-electron chi connectivity index (χ3n) is 1.10. The molecule has 1 aliphatic carbocycles. The van der Waals surface area contributed by atoms with E-state index in [2.05, 4.69) is 28.7 Å². The molecule has 0 aliphatic heterocycles. The maximum absolute atomic E-state index is 5.68. The molecule has 0 aromatic rings. The molecule has 1 aliphatic rings. The highest BCUT2D eigenvalue weighted by atomic mass is 127. The van der Waals surface area contributed by atoms with Crippen LogP contribution in [0.5, 0.6) is 0 Å². The normalized spacial score (nSPS) is 40.6. The molecule has 1 saturated carbocycles. The van der Waals surface area contributed by atoms with Gasteiger partial charge in [-0.15, -0.1) is 23.2 Å². The van der Waals surface area contributed by atoms with Crippen LogP contribution >= 0.6 is 45.8 Å². The van der Waals surface area contributed by atoms with E-state index >= 15 is 0 Å². The van der Waals surface area contributed by atoms with Crippen molar-refractivity contribution in [2.24, 2.45) is 0 Å². The summed E-state index contributed by atoms with van der Waals surface area (Å²) in [5.74, 6) is 0. The van der Waals surface area contributed by atoms with Gasteiger partial charge < -0.3 is 0 Å². The van der Waals surface area contributed by atoms with Crippen LogP contribution < -0.4 is 0 Å². The van der Waals surface area contributed by atoms with Crippen molar-refractivity contribution in [3.8, 4) is 0 Å². The average molecular weight is 263 g/mol. The highest BCUT2D eigenvalue weighted by Gasteiger charge is 2.40. The van der Waals surface area contributed by atoms with Crippen molar-refractivity contribution < 1.29 is 0 Å². The molecule has 3 heteroatoms. The minimum absolute atomic E-state index is 0.131. The highest BCUT2D eigenvalue weighted by molar-refractivity contribution is 14.1. The third-order valence-corrected chi connectivity index (χ3v) is 2.67. The fourth-order valence-corrected chi connectivity index (χ4v) is 1.70. The Morgan fingerprint density at radius 1 is 1.50 bits per heavy atom. The van der Waals surface area contributed by atoms with Crippen molar-refractivity contribution in [2.75, 3.05) is 4.43 Å². The van der Waals surface area contributed by atoms with Gasteiger partial charge in [0.2, 0.25) is 0 Å². The summed E-state index contributed by atoms with van der Waals surface area (Å²) in [6.07, 6.45) is 2.08. The van der Waals surface area contributed by atoms with Crippen molar-refractivity contribution in [1.29, 1.82) is 0 Å². The first-order chi connectivity index (χ1) is 3.77. The summed E-state index contributed by atoms with van der Waals surface area (Å²) in [7, 11) is 0. The van der Waals surface area contributed by atoms with Gasteiger partial charge in [0.05, 0.1) is 10.8 Å². The molecule has 2 atom stereocenters. The van der Waals surface area contributed by atoms with Crippen LogP contribution in [-0.4, -0.2) is 15.2 Å². The van der Waals surface area contributed by atoms with Crippen LogP contribution in [-0.2, 0) is 0 Å². The molecule has 1 fully saturated rings. The molecule has 0 spiro atoms. The molecule has 0 heterocycles. The molecule has 46 valence electrons. The first kappa shape index (κ1) is 7.16. The predicted molar refractivity (Wildman–Crippen MR) is 46.3 cm³/mol. The predicted octanol–water partition coefficient (Wildman–Crippen LogP) is 2.58. The van der Waals surface area contributed by atoms with Gasteiger partial charge in [-0.05, 0) is 5.57 Å². The molecule has 1 rings (SSSR count). The minimum atomic E-state index is 0.131. The van der Waals surface area contributed by atoms with Crippen LogP contribution in [0.25, 0.3) is 0 Å². The Morgan fingerprint density at radius 2 is 2.00 bits per heavy atom. The van der Waals surface area contributed by atoms with Gasteiger partial charge in [0.15, 0.2) is 0 Å². The number of hydrogen-bond acceptors (Lipinski definition) is 0. The topological polar surface area (TPSA) is 0 Å². The van der Waals surface area contributed by atoms with Gasteiger partial charge in [-0.3, -0.25) is 0 Å². The number of hydrogen-bond donors (Lipinski definition) is 0. The molecular formula is C5H5Cl2I. The van der Waals surface area contributed by atoms with Gasteiger partial charge in [-0.25, -0.2) is 0 Å². The molecule has 0 N–H and O–H groups in total. The third kappa shape index (κ3) is 1.31. The Labute approximate surface area is 72.4 Å². The summed E-state index contributed by atoms with van der Waals surface area (Å²) in [5.41, 5.74) is 1.20. The first-order valence-corrected chi connectivity index (χ1v) is 4.71. The van der Waals surface area contributed by atoms with E-state index in [-0.39, 0.29) is 10.8 Å². The van der Waals surface area contributed by atoms with E-state index in [1.54, 1.807) is 0 Å². The SMILES string of the molecule is Cl[C@@H]1C(=CCI)[C@@H]1Cl. The Morgan fingerprint density at radius 3 is 2.12 bits per heavy atom. The Hall–Kier alpha value is 1.05. The fourth-order valence-electron chi connectivity index (χ4n) is 0.532. The van der Waals surface area contributed by atoms with E-state index in [0.29, 0.717) is 0 Å². The van der Waals surface area contributed by atoms with E-state index in [9.17, 15) is 0 Å². The number of alkyl halides is 3. The van der Waals surface area contributed by atoms with Gasteiger partial charge >= 0.3 is 0 Å². The quantitative estimate of drug-likeness (QED) is 0.387. The summed E-state index contributed by atoms with van der Waals surface area (Å²) in [4.78, 5) is 0. The molecule has 0 bridgehead atoms. The summed E-state index contributed by atoms with van der Waals surface area (Å²) in [6.45, 7) is 0. The standard InChI is InChI=1S/C5H5Cl2I/c6-4-3(1-2-8)5(4)7/h1,4-5H,2H2/t4-,5+. The second kappa shape index (κ2) is 2.76. The summed E-state index contributed by atoms with van der Waals surface area (Å²) in [6, 6.07) is 0. The zero-order valence-electron chi connectivity index (χ0n) is 4.07. The number of allylic oxidation sites excluding steroid dienone is 2. The molecule has 0 aromatic heterocycles. The van der Waals surface area contributed by atoms with Gasteiger partial charge in [0, 0.05) is 4.43 Å². The zero-order valence-corrected chi connectivity index (χ0v) is 7.74. The summed E-state index contributed by atoms with van der Waals surface area (Å²) in [5, 5.41) is 0.262. The molecular weight excluding hydrogens is 258 g/mol. The van der Waals surface area contributed by atoms with Crippen molar-refractivity contribution in [2.45, 2.75) is 10.8 Å². The molecule has 0 aromatic carbocycles. The number of halogens is 3. The Kier molecular flexibility index (Phi) is 2.47. The molecule has 0 nitrogen and oxygen atoms in total. The number of rotatable bonds is 1. The zero-order chi connectivity index (χ0) is 6.15. The maximum Gasteiger partial charge on any atom is 0.0762 e. The van der Waals surface area contributed by atoms with E-state index in [4.69, 9.17) is 23.2 Å². The van der Waals surface area contributed by atoms with Crippen LogP contribution in [0.2, 0.25) is 0 Å². The van der Waals surface area contributed by atoms with Crippen molar-refractivity contribution in [3.05, 3.63) is 11.6 Å². The Bertz CT molecular complexity index is 112. The largest absolute Gasteiger partial charge is 0.116 e. The van der Waals surface area contributed by atoms with E-state index < -0.39 is 0 Å². The van der Waals surface area contributed by atoms with Crippen LogP contribution in [0, 0.1) is 0 Å². The summed E-state index contributed by atoms with van der Waals surface area (Å²) < 4.78 is 1.01. The monoisotopic (exact) mass is 262 g/mol. The lowest BCUT2D eigenvalue weighted by molar-refractivity contribution is 1.50. The molecule has 0 unspecified atom stereocenters. The second-order valence-corrected chi connectivity index (χ2v) is 3.48. The van der Waals surface area contributed by atoms with Gasteiger partial charge in [0.25, 0.3) is 0 Å². The lowest BCUT2D eigenvalue weighted by Crippen LogP contribution is -1.63. The lowest BCUT2D eigenvalue weighted by atomic mass is 10.5. The van der Waals surface area contributed by atoms with Crippen LogP contribution in [0.15, 0.2) is 11.6 Å². The van der Waals surface area contributed by atoms with Gasteiger partial charge in [0.1, 0.15) is 0 Å². The van der Waals surface area contributed by atoms with Crippen molar-refractivity contribution in [1.82, 2.24) is 0 Å². The van der Waals surface area contributed by atoms with E-state index in [1.165, 1.54) is 5.57 Å². The van der Waals surface area contributed by atoms with Crippen LogP contribution in [0.1, 0.15) is 0 Å². The maximum atomic E-state index is 5.68. The highest BCUT2D eigenvalue weighted by Crippen LogP contribution is 2.40. The second-order valence-electron chi connectivity index (χ2n) is 1.66. The molecule has 0 amide bonds. The average Bonchev–Trinajstić information content (AvgIpc) is 2.25. The van der Waals surface area contributed by atoms with Crippen molar-refractivity contribution >= 4 is 45.8 Å². The fraction of sp³-hybridized carbons (Fsp3) is 0.600. The van der Waals surface area contributed by atoms with Crippen LogP contribution in [0.4, 0.5) is 0 Å². The van der Waals surface area contributed by atoms with Crippen molar-refractivity contribution in [3.63, 3.8) is 0 Å². The smallest absolute Gasteiger partial charge is 0.0762 e. The molecule has 0 saturated heterocycles. The van der Waals surface area contributed by atoms with Gasteiger partial charge in [-0.2, -0.15) is 0 Å². The van der Waals surface area contributed by atoms with E-state index in [1.807, 2.05) is 0 Å². The summed E-state index contributed by atoms with van der Waals surface area (Å²) >= 11 is 13.6. The Balaban J connectivity index is 2.43. The van der Waals surface area contributed by atoms with E-state index in [0.717, 1.165) is 4.43 Å².